The molecule has 0 aliphatic heterocycles. The number of thiazole rings is 1. The Kier molecular flexibility index (Phi) is 8.52. The van der Waals surface area contributed by atoms with Gasteiger partial charge in [-0.15, -0.1) is 11.3 Å². The molecule has 1 aromatic carbocycles. The number of carbonyl (C=O) groups is 1. The molecule has 0 aliphatic rings. The first-order valence-corrected chi connectivity index (χ1v) is 10.5. The van der Waals surface area contributed by atoms with E-state index in [0.717, 1.165) is 14.5 Å². The van der Waals surface area contributed by atoms with E-state index < -0.39 is 0 Å². The summed E-state index contributed by atoms with van der Waals surface area (Å²) in [6.07, 6.45) is 1.79. The van der Waals surface area contributed by atoms with Gasteiger partial charge < -0.3 is 14.2 Å². The third-order valence-electron chi connectivity index (χ3n) is 3.21. The van der Waals surface area contributed by atoms with Crippen LogP contribution < -0.4 is 14.9 Å². The van der Waals surface area contributed by atoms with Crippen LogP contribution in [-0.2, 0) is 16.0 Å². The molecule has 0 saturated carbocycles. The first-order chi connectivity index (χ1) is 13.0. The van der Waals surface area contributed by atoms with E-state index in [9.17, 15) is 4.79 Å². The number of hydrogen-bond donors (Lipinski definition) is 1. The van der Waals surface area contributed by atoms with Crippen LogP contribution in [0.15, 0.2) is 25.5 Å². The highest BCUT2D eigenvalue weighted by Crippen LogP contribution is 2.42. The lowest BCUT2D eigenvalue weighted by Crippen LogP contribution is -2.07. The minimum atomic E-state index is -0.298. The summed E-state index contributed by atoms with van der Waals surface area (Å²) in [7, 11) is 1.58. The molecule has 0 spiro atoms. The number of nitrogens with zero attached hydrogens (tertiary/aromatic N) is 2. The largest absolute Gasteiger partial charge is 0.492 e. The predicted molar refractivity (Wildman–Crippen MR) is 113 cm³/mol. The fourth-order valence-electron chi connectivity index (χ4n) is 2.11. The second-order valence-corrected chi connectivity index (χ2v) is 7.50. The molecular formula is C17H19Br2N3O4S. The van der Waals surface area contributed by atoms with Gasteiger partial charge >= 0.3 is 5.97 Å². The number of carbonyl (C=O) groups excluding carboxylic acids is 1. The zero-order valence-corrected chi connectivity index (χ0v) is 19.0. The summed E-state index contributed by atoms with van der Waals surface area (Å²) in [5.74, 6) is 0.924. The van der Waals surface area contributed by atoms with Gasteiger partial charge in [0.25, 0.3) is 0 Å². The van der Waals surface area contributed by atoms with Gasteiger partial charge in [0.05, 0.1) is 43.1 Å². The maximum atomic E-state index is 11.5. The number of hydrazone groups is 1. The van der Waals surface area contributed by atoms with Crippen LogP contribution in [0, 0.1) is 0 Å². The van der Waals surface area contributed by atoms with Crippen molar-refractivity contribution < 1.29 is 19.0 Å². The van der Waals surface area contributed by atoms with Gasteiger partial charge in [0.15, 0.2) is 11.5 Å². The number of rotatable bonds is 9. The molecule has 0 unspecified atom stereocenters. The van der Waals surface area contributed by atoms with Crippen LogP contribution >= 0.6 is 43.2 Å². The van der Waals surface area contributed by atoms with E-state index in [-0.39, 0.29) is 12.4 Å². The van der Waals surface area contributed by atoms with Crippen molar-refractivity contribution in [3.05, 3.63) is 31.6 Å². The quantitative estimate of drug-likeness (QED) is 0.295. The Morgan fingerprint density at radius 1 is 1.33 bits per heavy atom. The van der Waals surface area contributed by atoms with Gasteiger partial charge in [-0.1, -0.05) is 0 Å². The number of nitrogens with one attached hydrogen (secondary N) is 1. The Morgan fingerprint density at radius 2 is 2.11 bits per heavy atom. The summed E-state index contributed by atoms with van der Waals surface area (Å²) in [4.78, 5) is 15.8. The first kappa shape index (κ1) is 21.6. The molecule has 10 heteroatoms. The number of aromatic nitrogens is 1. The average Bonchev–Trinajstić information content (AvgIpc) is 3.07. The van der Waals surface area contributed by atoms with Crippen molar-refractivity contribution >= 4 is 60.5 Å². The van der Waals surface area contributed by atoms with Gasteiger partial charge in [0.1, 0.15) is 0 Å². The SMILES string of the molecule is CCOC(=O)Cc1csc(NN=Cc2cc(OCC)c(OC)c(Br)c2Br)n1. The molecule has 1 N–H and O–H groups in total. The summed E-state index contributed by atoms with van der Waals surface area (Å²) >= 11 is 8.38. The molecule has 27 heavy (non-hydrogen) atoms. The molecule has 2 aromatic rings. The number of esters is 1. The lowest BCUT2D eigenvalue weighted by atomic mass is 10.2. The highest BCUT2D eigenvalue weighted by Gasteiger charge is 2.16. The van der Waals surface area contributed by atoms with Gasteiger partial charge in [0.2, 0.25) is 5.13 Å². The molecule has 1 aromatic heterocycles. The molecule has 0 fully saturated rings. The fourth-order valence-corrected chi connectivity index (χ4v) is 3.75. The number of methoxy groups -OCH3 is 1. The summed E-state index contributed by atoms with van der Waals surface area (Å²) in [6, 6.07) is 1.83. The summed E-state index contributed by atoms with van der Waals surface area (Å²) in [6.45, 7) is 4.55. The second-order valence-electron chi connectivity index (χ2n) is 5.05. The van der Waals surface area contributed by atoms with Crippen molar-refractivity contribution in [1.29, 1.82) is 0 Å². The highest BCUT2D eigenvalue weighted by atomic mass is 79.9. The minimum absolute atomic E-state index is 0.143. The van der Waals surface area contributed by atoms with Gasteiger partial charge in [-0.2, -0.15) is 5.10 Å². The molecule has 0 amide bonds. The summed E-state index contributed by atoms with van der Waals surface area (Å²) in [5, 5.41) is 6.59. The van der Waals surface area contributed by atoms with E-state index in [1.54, 1.807) is 25.6 Å². The van der Waals surface area contributed by atoms with E-state index in [1.807, 2.05) is 13.0 Å². The van der Waals surface area contributed by atoms with E-state index >= 15 is 0 Å². The topological polar surface area (TPSA) is 82.0 Å². The third-order valence-corrected chi connectivity index (χ3v) is 6.15. The van der Waals surface area contributed by atoms with Crippen molar-refractivity contribution in [3.63, 3.8) is 0 Å². The van der Waals surface area contributed by atoms with Crippen LogP contribution in [0.3, 0.4) is 0 Å². The summed E-state index contributed by atoms with van der Waals surface area (Å²) in [5.41, 5.74) is 4.30. The second kappa shape index (κ2) is 10.6. The van der Waals surface area contributed by atoms with Gasteiger partial charge in [-0.3, -0.25) is 10.2 Å². The van der Waals surface area contributed by atoms with Crippen molar-refractivity contribution in [2.45, 2.75) is 20.3 Å². The van der Waals surface area contributed by atoms with Crippen molar-refractivity contribution in [3.8, 4) is 11.5 Å². The molecule has 146 valence electrons. The van der Waals surface area contributed by atoms with E-state index in [1.165, 1.54) is 11.3 Å². The standard InChI is InChI=1S/C17H19Br2N3O4S/c1-4-25-12-6-10(14(18)15(19)16(12)24-3)8-20-22-17-21-11(9-27-17)7-13(23)26-5-2/h6,8-9H,4-5,7H2,1-3H3,(H,21,22). The molecular weight excluding hydrogens is 502 g/mol. The zero-order valence-electron chi connectivity index (χ0n) is 15.0. The molecule has 1 heterocycles. The van der Waals surface area contributed by atoms with Crippen molar-refractivity contribution in [1.82, 2.24) is 4.98 Å². The maximum Gasteiger partial charge on any atom is 0.311 e. The Bertz CT molecular complexity index is 827. The van der Waals surface area contributed by atoms with Crippen molar-refractivity contribution in [2.24, 2.45) is 5.10 Å². The van der Waals surface area contributed by atoms with Crippen LogP contribution in [0.5, 0.6) is 11.5 Å². The average molecular weight is 521 g/mol. The third kappa shape index (κ3) is 5.91. The molecule has 7 nitrogen and oxygen atoms in total. The Labute approximate surface area is 178 Å². The highest BCUT2D eigenvalue weighted by molar-refractivity contribution is 9.13. The number of anilines is 1. The summed E-state index contributed by atoms with van der Waals surface area (Å²) < 4.78 is 17.4. The van der Waals surface area contributed by atoms with E-state index in [4.69, 9.17) is 14.2 Å². The van der Waals surface area contributed by atoms with Crippen LogP contribution in [0.25, 0.3) is 0 Å². The van der Waals surface area contributed by atoms with Gasteiger partial charge in [-0.05, 0) is 51.8 Å². The van der Waals surface area contributed by atoms with E-state index in [2.05, 4.69) is 47.4 Å². The molecule has 0 saturated heterocycles. The first-order valence-electron chi connectivity index (χ1n) is 8.07. The molecule has 0 bridgehead atoms. The number of ether oxygens (including phenoxy) is 3. The van der Waals surface area contributed by atoms with Crippen LogP contribution in [-0.4, -0.2) is 37.5 Å². The maximum absolute atomic E-state index is 11.5. The fraction of sp³-hybridized carbons (Fsp3) is 0.353. The lowest BCUT2D eigenvalue weighted by Gasteiger charge is -2.13. The minimum Gasteiger partial charge on any atom is -0.492 e. The Balaban J connectivity index is 2.10. The normalized spacial score (nSPS) is 10.9. The van der Waals surface area contributed by atoms with Crippen LogP contribution in [0.2, 0.25) is 0 Å². The predicted octanol–water partition coefficient (Wildman–Crippen LogP) is 4.63. The van der Waals surface area contributed by atoms with Crippen LogP contribution in [0.1, 0.15) is 25.1 Å². The Hall–Kier alpha value is -1.65. The van der Waals surface area contributed by atoms with Gasteiger partial charge in [0, 0.05) is 15.4 Å². The molecule has 0 radical (unpaired) electrons. The zero-order chi connectivity index (χ0) is 19.8. The van der Waals surface area contributed by atoms with Gasteiger partial charge in [-0.25, -0.2) is 4.98 Å². The molecule has 0 aliphatic carbocycles. The van der Waals surface area contributed by atoms with E-state index in [0.29, 0.717) is 35.5 Å². The Morgan fingerprint density at radius 3 is 2.78 bits per heavy atom. The van der Waals surface area contributed by atoms with Crippen molar-refractivity contribution in [2.75, 3.05) is 25.7 Å². The number of benzene rings is 1. The lowest BCUT2D eigenvalue weighted by molar-refractivity contribution is -0.142. The number of hydrogen-bond acceptors (Lipinski definition) is 8. The molecule has 2 rings (SSSR count). The number of halogens is 2. The van der Waals surface area contributed by atoms with Crippen LogP contribution in [0.4, 0.5) is 5.13 Å². The monoisotopic (exact) mass is 519 g/mol. The molecule has 0 atom stereocenters. The smallest absolute Gasteiger partial charge is 0.311 e.